The summed E-state index contributed by atoms with van der Waals surface area (Å²) >= 11 is 0. The van der Waals surface area contributed by atoms with Gasteiger partial charge in [-0.25, -0.2) is 0 Å². The summed E-state index contributed by atoms with van der Waals surface area (Å²) in [5.41, 5.74) is 0. The number of unbranched alkanes of at least 4 members (excludes halogenated alkanes) is 15. The second-order valence-corrected chi connectivity index (χ2v) is 10.5. The van der Waals surface area contributed by atoms with Gasteiger partial charge in [0, 0.05) is 6.54 Å². The summed E-state index contributed by atoms with van der Waals surface area (Å²) in [7, 11) is 0. The first-order valence-corrected chi connectivity index (χ1v) is 15.2. The monoisotopic (exact) mass is 483 g/mol. The smallest absolute Gasteiger partial charge is 0.308 e. The van der Waals surface area contributed by atoms with Gasteiger partial charge in [0.2, 0.25) is 0 Å². The molecule has 1 atom stereocenters. The van der Waals surface area contributed by atoms with Gasteiger partial charge in [-0.15, -0.1) is 0 Å². The molecule has 4 heteroatoms. The van der Waals surface area contributed by atoms with Gasteiger partial charge in [-0.1, -0.05) is 117 Å². The minimum Gasteiger partial charge on any atom is -0.462 e. The van der Waals surface area contributed by atoms with Crippen LogP contribution in [0.2, 0.25) is 0 Å². The summed E-state index contributed by atoms with van der Waals surface area (Å²) in [5.74, 6) is 0.0404. The second-order valence-electron chi connectivity index (χ2n) is 10.5. The molecule has 204 valence electrons. The number of rotatable bonds is 27. The molecule has 2 N–H and O–H groups in total. The minimum absolute atomic E-state index is 0.0121. The lowest BCUT2D eigenvalue weighted by Gasteiger charge is -2.20. The molecule has 0 aliphatic rings. The molecule has 0 aromatic rings. The average Bonchev–Trinajstić information content (AvgIpc) is 2.84. The first-order chi connectivity index (χ1) is 16.7. The fourth-order valence-electron chi connectivity index (χ4n) is 4.58. The van der Waals surface area contributed by atoms with E-state index in [1.54, 1.807) is 0 Å². The van der Waals surface area contributed by atoms with Gasteiger partial charge < -0.3 is 15.2 Å². The van der Waals surface area contributed by atoms with Crippen LogP contribution >= 0.6 is 0 Å². The second kappa shape index (κ2) is 27.0. The largest absolute Gasteiger partial charge is 0.462 e. The van der Waals surface area contributed by atoms with Crippen LogP contribution in [0.5, 0.6) is 0 Å². The molecule has 0 fully saturated rings. The summed E-state index contributed by atoms with van der Waals surface area (Å²) in [4.78, 5) is 12.7. The Balaban J connectivity index is 4.16. The molecule has 0 radical (unpaired) electrons. The molecular weight excluding hydrogens is 422 g/mol. The van der Waals surface area contributed by atoms with Crippen molar-refractivity contribution >= 4 is 5.97 Å². The molecule has 4 nitrogen and oxygen atoms in total. The maximum absolute atomic E-state index is 12.7. The number of hydrogen-bond acceptors (Lipinski definition) is 4. The molecule has 1 unspecified atom stereocenters. The quantitative estimate of drug-likeness (QED) is 0.0910. The van der Waals surface area contributed by atoms with E-state index in [0.29, 0.717) is 6.54 Å². The Labute approximate surface area is 213 Å². The molecule has 0 aromatic carbocycles. The third-order valence-corrected chi connectivity index (χ3v) is 6.97. The van der Waals surface area contributed by atoms with Gasteiger partial charge in [0.1, 0.15) is 6.10 Å². The number of aliphatic hydroxyl groups is 1. The first-order valence-electron chi connectivity index (χ1n) is 15.2. The molecule has 34 heavy (non-hydrogen) atoms. The van der Waals surface area contributed by atoms with Crippen molar-refractivity contribution in [3.05, 3.63) is 0 Å². The lowest BCUT2D eigenvalue weighted by atomic mass is 10.0. The van der Waals surface area contributed by atoms with Gasteiger partial charge in [-0.2, -0.15) is 0 Å². The Bertz CT molecular complexity index is 398. The van der Waals surface area contributed by atoms with Crippen molar-refractivity contribution < 1.29 is 14.6 Å². The van der Waals surface area contributed by atoms with Crippen LogP contribution < -0.4 is 5.32 Å². The van der Waals surface area contributed by atoms with Gasteiger partial charge in [-0.05, 0) is 45.1 Å². The van der Waals surface area contributed by atoms with Gasteiger partial charge in [0.05, 0.1) is 12.5 Å². The van der Waals surface area contributed by atoms with Crippen LogP contribution in [0.25, 0.3) is 0 Å². The van der Waals surface area contributed by atoms with Crippen LogP contribution in [0, 0.1) is 5.92 Å². The number of carbonyl (C=O) groups excluding carboxylic acids is 1. The highest BCUT2D eigenvalue weighted by molar-refractivity contribution is 5.72. The summed E-state index contributed by atoms with van der Waals surface area (Å²) in [6.45, 7) is 8.44. The number of carbonyl (C=O) groups is 1. The van der Waals surface area contributed by atoms with E-state index < -0.39 is 0 Å². The van der Waals surface area contributed by atoms with E-state index in [1.165, 1.54) is 96.3 Å². The molecule has 0 aromatic heterocycles. The molecule has 0 bridgehead atoms. The lowest BCUT2D eigenvalue weighted by Crippen LogP contribution is -2.23. The minimum atomic E-state index is 0.0121. The van der Waals surface area contributed by atoms with E-state index in [9.17, 15) is 4.79 Å². The summed E-state index contributed by atoms with van der Waals surface area (Å²) in [6.07, 6.45) is 26.1. The van der Waals surface area contributed by atoms with Crippen LogP contribution in [0.15, 0.2) is 0 Å². The molecule has 0 spiro atoms. The Hall–Kier alpha value is -0.610. The molecule has 0 heterocycles. The number of hydrogen-bond donors (Lipinski definition) is 2. The lowest BCUT2D eigenvalue weighted by molar-refractivity contribution is -0.154. The van der Waals surface area contributed by atoms with Crippen molar-refractivity contribution in [2.24, 2.45) is 5.92 Å². The van der Waals surface area contributed by atoms with E-state index in [0.717, 1.165) is 45.1 Å². The fourth-order valence-corrected chi connectivity index (χ4v) is 4.58. The van der Waals surface area contributed by atoms with E-state index >= 15 is 0 Å². The number of ether oxygens (including phenoxy) is 1. The molecule has 0 rings (SSSR count). The number of nitrogens with one attached hydrogen (secondary N) is 1. The summed E-state index contributed by atoms with van der Waals surface area (Å²) in [6, 6.07) is 0. The van der Waals surface area contributed by atoms with Crippen LogP contribution in [-0.4, -0.2) is 36.9 Å². The highest BCUT2D eigenvalue weighted by Gasteiger charge is 2.19. The maximum atomic E-state index is 12.7. The first kappa shape index (κ1) is 33.4. The average molecular weight is 484 g/mol. The standard InChI is InChI=1S/C30H61NO3/c1-4-6-8-10-12-14-19-23-29(24-20-15-13-11-9-7-5-2)34-30(33)28(3)22-18-16-17-21-25-31-26-27-32/h28-29,31-32H,4-27H2,1-3H3. The zero-order chi connectivity index (χ0) is 25.1. The normalized spacial score (nSPS) is 12.4. The molecule has 0 aliphatic heterocycles. The summed E-state index contributed by atoms with van der Waals surface area (Å²) < 4.78 is 6.05. The van der Waals surface area contributed by atoms with Crippen molar-refractivity contribution in [1.82, 2.24) is 5.32 Å². The topological polar surface area (TPSA) is 58.6 Å². The molecule has 0 saturated carbocycles. The fraction of sp³-hybridized carbons (Fsp3) is 0.967. The third kappa shape index (κ3) is 23.1. The number of aliphatic hydroxyl groups excluding tert-OH is 1. The predicted octanol–water partition coefficient (Wildman–Crippen LogP) is 8.35. The maximum Gasteiger partial charge on any atom is 0.308 e. The van der Waals surface area contributed by atoms with Crippen LogP contribution in [0.4, 0.5) is 0 Å². The van der Waals surface area contributed by atoms with Gasteiger partial charge in [0.25, 0.3) is 0 Å². The predicted molar refractivity (Wildman–Crippen MR) is 147 cm³/mol. The Morgan fingerprint density at radius 1 is 0.647 bits per heavy atom. The van der Waals surface area contributed by atoms with Gasteiger partial charge in [-0.3, -0.25) is 4.79 Å². The Morgan fingerprint density at radius 2 is 1.09 bits per heavy atom. The van der Waals surface area contributed by atoms with Crippen molar-refractivity contribution in [2.75, 3.05) is 19.7 Å². The highest BCUT2D eigenvalue weighted by atomic mass is 16.5. The van der Waals surface area contributed by atoms with Crippen LogP contribution in [0.3, 0.4) is 0 Å². The Kier molecular flexibility index (Phi) is 26.5. The van der Waals surface area contributed by atoms with Gasteiger partial charge in [0.15, 0.2) is 0 Å². The van der Waals surface area contributed by atoms with E-state index in [-0.39, 0.29) is 24.6 Å². The van der Waals surface area contributed by atoms with Crippen molar-refractivity contribution in [3.8, 4) is 0 Å². The van der Waals surface area contributed by atoms with E-state index in [4.69, 9.17) is 9.84 Å². The third-order valence-electron chi connectivity index (χ3n) is 6.97. The van der Waals surface area contributed by atoms with Crippen molar-refractivity contribution in [1.29, 1.82) is 0 Å². The molecule has 0 aliphatic carbocycles. The zero-order valence-corrected chi connectivity index (χ0v) is 23.4. The SMILES string of the molecule is CCCCCCCCCC(CCCCCCCCC)OC(=O)C(C)CCCCCCNCCO. The molecular formula is C30H61NO3. The van der Waals surface area contributed by atoms with E-state index in [2.05, 4.69) is 19.2 Å². The van der Waals surface area contributed by atoms with Crippen molar-refractivity contribution in [2.45, 2.75) is 162 Å². The van der Waals surface area contributed by atoms with Crippen molar-refractivity contribution in [3.63, 3.8) is 0 Å². The highest BCUT2D eigenvalue weighted by Crippen LogP contribution is 2.20. The Morgan fingerprint density at radius 3 is 1.59 bits per heavy atom. The van der Waals surface area contributed by atoms with Crippen LogP contribution in [-0.2, 0) is 9.53 Å². The van der Waals surface area contributed by atoms with Gasteiger partial charge >= 0.3 is 5.97 Å². The molecule has 0 amide bonds. The summed E-state index contributed by atoms with van der Waals surface area (Å²) in [5, 5.41) is 12.0. The zero-order valence-electron chi connectivity index (χ0n) is 23.4. The number of esters is 1. The van der Waals surface area contributed by atoms with Crippen LogP contribution in [0.1, 0.15) is 156 Å². The molecule has 0 saturated heterocycles. The van der Waals surface area contributed by atoms with E-state index in [1.807, 2.05) is 6.92 Å².